The Labute approximate surface area is 144 Å². The molecule has 0 bridgehead atoms. The van der Waals surface area contributed by atoms with Gasteiger partial charge in [-0.15, -0.1) is 0 Å². The van der Waals surface area contributed by atoms with Gasteiger partial charge in [0.25, 0.3) is 0 Å². The van der Waals surface area contributed by atoms with E-state index in [0.717, 1.165) is 55.8 Å². The highest BCUT2D eigenvalue weighted by molar-refractivity contribution is 5.93. The molecule has 5 nitrogen and oxygen atoms in total. The monoisotopic (exact) mass is 332 g/mol. The Bertz CT molecular complexity index is 550. The first kappa shape index (κ1) is 17.2. The average Bonchev–Trinajstić information content (AvgIpc) is 3.25. The first-order valence-corrected chi connectivity index (χ1v) is 9.11. The van der Waals surface area contributed by atoms with Gasteiger partial charge in [0.15, 0.2) is 0 Å². The van der Waals surface area contributed by atoms with E-state index in [2.05, 4.69) is 10.6 Å². The zero-order valence-corrected chi connectivity index (χ0v) is 14.5. The van der Waals surface area contributed by atoms with Gasteiger partial charge < -0.3 is 20.1 Å². The number of hydrogen-bond acceptors (Lipinski definition) is 4. The van der Waals surface area contributed by atoms with Crippen LogP contribution in [0.3, 0.4) is 0 Å². The standard InChI is InChI=1S/C19H28N2O3/c1-14-17(9-4-10-18(14)24-15-6-2-3-7-15)21-19(22)13-20-12-16-8-5-11-23-16/h4,9-10,15-16,20H,2-3,5-8,11-13H2,1H3,(H,21,22)/t16-/m0/s1. The summed E-state index contributed by atoms with van der Waals surface area (Å²) in [7, 11) is 0. The Morgan fingerprint density at radius 2 is 2.08 bits per heavy atom. The van der Waals surface area contributed by atoms with E-state index in [1.807, 2.05) is 25.1 Å². The Kier molecular flexibility index (Phi) is 6.10. The van der Waals surface area contributed by atoms with Gasteiger partial charge in [0, 0.05) is 24.4 Å². The molecule has 0 unspecified atom stereocenters. The van der Waals surface area contributed by atoms with Crippen LogP contribution in [-0.2, 0) is 9.53 Å². The lowest BCUT2D eigenvalue weighted by atomic mass is 10.1. The zero-order chi connectivity index (χ0) is 16.8. The molecule has 2 N–H and O–H groups in total. The van der Waals surface area contributed by atoms with Gasteiger partial charge in [0.05, 0.1) is 18.8 Å². The lowest BCUT2D eigenvalue weighted by Gasteiger charge is -2.17. The van der Waals surface area contributed by atoms with Crippen LogP contribution in [0.4, 0.5) is 5.69 Å². The van der Waals surface area contributed by atoms with Crippen LogP contribution in [0.5, 0.6) is 5.75 Å². The smallest absolute Gasteiger partial charge is 0.238 e. The second-order valence-electron chi connectivity index (χ2n) is 6.77. The van der Waals surface area contributed by atoms with Gasteiger partial charge in [-0.2, -0.15) is 0 Å². The molecule has 1 atom stereocenters. The second-order valence-corrected chi connectivity index (χ2v) is 6.77. The van der Waals surface area contributed by atoms with E-state index in [4.69, 9.17) is 9.47 Å². The van der Waals surface area contributed by atoms with Crippen molar-refractivity contribution in [2.75, 3.05) is 25.0 Å². The highest BCUT2D eigenvalue weighted by atomic mass is 16.5. The van der Waals surface area contributed by atoms with Crippen molar-refractivity contribution in [3.8, 4) is 5.75 Å². The molecule has 1 aliphatic carbocycles. The molecule has 1 aromatic rings. The molecule has 1 heterocycles. The fourth-order valence-corrected chi connectivity index (χ4v) is 3.41. The van der Waals surface area contributed by atoms with E-state index in [1.54, 1.807) is 0 Å². The molecule has 24 heavy (non-hydrogen) atoms. The van der Waals surface area contributed by atoms with Crippen molar-refractivity contribution in [2.24, 2.45) is 0 Å². The van der Waals surface area contributed by atoms with Crippen molar-refractivity contribution in [1.29, 1.82) is 0 Å². The Hall–Kier alpha value is -1.59. The van der Waals surface area contributed by atoms with E-state index in [0.29, 0.717) is 12.6 Å². The van der Waals surface area contributed by atoms with Gasteiger partial charge in [0.2, 0.25) is 5.91 Å². The largest absolute Gasteiger partial charge is 0.490 e. The molecular formula is C19H28N2O3. The van der Waals surface area contributed by atoms with Crippen molar-refractivity contribution < 1.29 is 14.3 Å². The maximum absolute atomic E-state index is 12.1. The Morgan fingerprint density at radius 3 is 2.83 bits per heavy atom. The van der Waals surface area contributed by atoms with Gasteiger partial charge in [-0.25, -0.2) is 0 Å². The third kappa shape index (κ3) is 4.71. The van der Waals surface area contributed by atoms with Gasteiger partial charge >= 0.3 is 0 Å². The number of amides is 1. The molecule has 3 rings (SSSR count). The number of rotatable bonds is 7. The van der Waals surface area contributed by atoms with Crippen LogP contribution in [0.15, 0.2) is 18.2 Å². The summed E-state index contributed by atoms with van der Waals surface area (Å²) < 4.78 is 11.6. The zero-order valence-electron chi connectivity index (χ0n) is 14.5. The van der Waals surface area contributed by atoms with Crippen LogP contribution in [-0.4, -0.2) is 37.8 Å². The number of benzene rings is 1. The lowest BCUT2D eigenvalue weighted by Crippen LogP contribution is -2.33. The van der Waals surface area contributed by atoms with E-state index in [-0.39, 0.29) is 12.0 Å². The second kappa shape index (κ2) is 8.49. The van der Waals surface area contributed by atoms with Gasteiger partial charge in [0.1, 0.15) is 5.75 Å². The van der Waals surface area contributed by atoms with Crippen LogP contribution in [0.2, 0.25) is 0 Å². The number of carbonyl (C=O) groups excluding carboxylic acids is 1. The highest BCUT2D eigenvalue weighted by Crippen LogP contribution is 2.30. The molecule has 1 saturated heterocycles. The van der Waals surface area contributed by atoms with Crippen LogP contribution in [0.25, 0.3) is 0 Å². The molecule has 0 aromatic heterocycles. The summed E-state index contributed by atoms with van der Waals surface area (Å²) in [4.78, 5) is 12.1. The summed E-state index contributed by atoms with van der Waals surface area (Å²) >= 11 is 0. The van der Waals surface area contributed by atoms with Gasteiger partial charge in [-0.05, 0) is 57.6 Å². The molecule has 1 amide bonds. The highest BCUT2D eigenvalue weighted by Gasteiger charge is 2.18. The number of hydrogen-bond donors (Lipinski definition) is 2. The lowest BCUT2D eigenvalue weighted by molar-refractivity contribution is -0.115. The van der Waals surface area contributed by atoms with Gasteiger partial charge in [-0.1, -0.05) is 6.07 Å². The number of ether oxygens (including phenoxy) is 2. The van der Waals surface area contributed by atoms with Crippen LogP contribution < -0.4 is 15.4 Å². The van der Waals surface area contributed by atoms with E-state index in [9.17, 15) is 4.79 Å². The predicted molar refractivity (Wildman–Crippen MR) is 94.5 cm³/mol. The minimum absolute atomic E-state index is 0.0332. The van der Waals surface area contributed by atoms with Crippen LogP contribution in [0, 0.1) is 6.92 Å². The number of nitrogens with one attached hydrogen (secondary N) is 2. The minimum atomic E-state index is -0.0332. The van der Waals surface area contributed by atoms with Crippen molar-refractivity contribution in [3.63, 3.8) is 0 Å². The minimum Gasteiger partial charge on any atom is -0.490 e. The molecule has 1 aromatic carbocycles. The average molecular weight is 332 g/mol. The fraction of sp³-hybridized carbons (Fsp3) is 0.632. The fourth-order valence-electron chi connectivity index (χ4n) is 3.41. The topological polar surface area (TPSA) is 59.6 Å². The molecule has 5 heteroatoms. The summed E-state index contributed by atoms with van der Waals surface area (Å²) in [5.41, 5.74) is 1.83. The molecule has 1 aliphatic heterocycles. The molecule has 132 valence electrons. The maximum atomic E-state index is 12.1. The molecule has 1 saturated carbocycles. The third-order valence-electron chi connectivity index (χ3n) is 4.84. The van der Waals surface area contributed by atoms with Crippen LogP contribution >= 0.6 is 0 Å². The number of anilines is 1. The van der Waals surface area contributed by atoms with E-state index in [1.165, 1.54) is 12.8 Å². The maximum Gasteiger partial charge on any atom is 0.238 e. The molecular weight excluding hydrogens is 304 g/mol. The van der Waals surface area contributed by atoms with E-state index < -0.39 is 0 Å². The number of carbonyl (C=O) groups is 1. The summed E-state index contributed by atoms with van der Waals surface area (Å²) in [6, 6.07) is 5.85. The third-order valence-corrected chi connectivity index (χ3v) is 4.84. The first-order chi connectivity index (χ1) is 11.7. The first-order valence-electron chi connectivity index (χ1n) is 9.11. The van der Waals surface area contributed by atoms with Crippen molar-refractivity contribution >= 4 is 11.6 Å². The Balaban J connectivity index is 1.49. The van der Waals surface area contributed by atoms with Crippen LogP contribution in [0.1, 0.15) is 44.1 Å². The van der Waals surface area contributed by atoms with Crippen molar-refractivity contribution in [1.82, 2.24) is 5.32 Å². The summed E-state index contributed by atoms with van der Waals surface area (Å²) in [5.74, 6) is 0.848. The molecule has 0 spiro atoms. The molecule has 2 fully saturated rings. The molecule has 2 aliphatic rings. The summed E-state index contributed by atoms with van der Waals surface area (Å²) in [6.07, 6.45) is 7.52. The normalized spacial score (nSPS) is 21.1. The van der Waals surface area contributed by atoms with Gasteiger partial charge in [-0.3, -0.25) is 4.79 Å². The van der Waals surface area contributed by atoms with Crippen molar-refractivity contribution in [2.45, 2.75) is 57.7 Å². The summed E-state index contributed by atoms with van der Waals surface area (Å²) in [5, 5.41) is 6.15. The van der Waals surface area contributed by atoms with Crippen molar-refractivity contribution in [3.05, 3.63) is 23.8 Å². The molecule has 0 radical (unpaired) electrons. The Morgan fingerprint density at radius 1 is 1.25 bits per heavy atom. The quantitative estimate of drug-likeness (QED) is 0.806. The predicted octanol–water partition coefficient (Wildman–Crippen LogP) is 3.02. The summed E-state index contributed by atoms with van der Waals surface area (Å²) in [6.45, 7) is 3.87. The van der Waals surface area contributed by atoms with E-state index >= 15 is 0 Å². The SMILES string of the molecule is Cc1c(NC(=O)CNC[C@@H]2CCCO2)cccc1OC1CCCC1.